The molecule has 0 atom stereocenters. The molecular weight excluding hydrogens is 381 g/mol. The Kier molecular flexibility index (Phi) is 8.59. The maximum absolute atomic E-state index is 12.2. The summed E-state index contributed by atoms with van der Waals surface area (Å²) in [5.41, 5.74) is 1.08. The van der Waals surface area contributed by atoms with E-state index in [0.29, 0.717) is 31.6 Å². The average molecular weight is 403 g/mol. The van der Waals surface area contributed by atoms with Gasteiger partial charge in [0.15, 0.2) is 5.69 Å². The van der Waals surface area contributed by atoms with Gasteiger partial charge in [-0.15, -0.1) is 5.10 Å². The van der Waals surface area contributed by atoms with Crippen LogP contribution in [0.2, 0.25) is 0 Å². The van der Waals surface area contributed by atoms with Crippen molar-refractivity contribution in [1.29, 1.82) is 0 Å². The third kappa shape index (κ3) is 6.72. The number of anilines is 1. The second kappa shape index (κ2) is 11.1. The van der Waals surface area contributed by atoms with Gasteiger partial charge in [-0.3, -0.25) is 14.3 Å². The number of pyridine rings is 1. The molecular formula is C20H22LiN5O4. The second-order valence-electron chi connectivity index (χ2n) is 6.54. The topological polar surface area (TPSA) is 119 Å². The van der Waals surface area contributed by atoms with E-state index in [1.54, 1.807) is 16.8 Å². The van der Waals surface area contributed by atoms with Crippen molar-refractivity contribution in [2.24, 2.45) is 0 Å². The number of hydrogen-bond donors (Lipinski definition) is 2. The van der Waals surface area contributed by atoms with Crippen molar-refractivity contribution in [1.82, 2.24) is 19.6 Å². The first kappa shape index (κ1) is 23.1. The standard InChI is InChI=1S/C20H21N5O4.Li.H/c26-18(12-15-6-2-1-3-7-15)21-16-8-11-24(19(27)13-16)9-4-5-10-25-14-17(20(28)29)22-23-25;;/h1-3,6-8,11,13-14H,4-5,9-10,12H2,(H,21,26)(H,28,29);;. The minimum atomic E-state index is -1.11. The molecule has 0 saturated heterocycles. The van der Waals surface area contributed by atoms with Crippen LogP contribution in [-0.4, -0.2) is 55.4 Å². The Morgan fingerprint density at radius 1 is 1.07 bits per heavy atom. The van der Waals surface area contributed by atoms with Crippen LogP contribution in [-0.2, 0) is 24.3 Å². The fraction of sp³-hybridized carbons (Fsp3) is 0.250. The predicted molar refractivity (Wildman–Crippen MR) is 113 cm³/mol. The quantitative estimate of drug-likeness (QED) is 0.409. The summed E-state index contributed by atoms with van der Waals surface area (Å²) in [7, 11) is 0. The van der Waals surface area contributed by atoms with Crippen LogP contribution in [0.15, 0.2) is 59.7 Å². The molecule has 152 valence electrons. The molecule has 2 heterocycles. The van der Waals surface area contributed by atoms with Gasteiger partial charge in [0.25, 0.3) is 5.56 Å². The van der Waals surface area contributed by atoms with E-state index < -0.39 is 5.97 Å². The normalized spacial score (nSPS) is 10.3. The first-order valence-electron chi connectivity index (χ1n) is 9.19. The van der Waals surface area contributed by atoms with E-state index in [1.807, 2.05) is 30.3 Å². The molecule has 30 heavy (non-hydrogen) atoms. The predicted octanol–water partition coefficient (Wildman–Crippen LogP) is 1.15. The van der Waals surface area contributed by atoms with Crippen LogP contribution in [0.3, 0.4) is 0 Å². The van der Waals surface area contributed by atoms with E-state index in [9.17, 15) is 14.4 Å². The van der Waals surface area contributed by atoms with Gasteiger partial charge in [0.1, 0.15) is 0 Å². The molecule has 0 aliphatic heterocycles. The van der Waals surface area contributed by atoms with Crippen molar-refractivity contribution >= 4 is 36.4 Å². The zero-order chi connectivity index (χ0) is 20.6. The Morgan fingerprint density at radius 2 is 1.80 bits per heavy atom. The van der Waals surface area contributed by atoms with E-state index in [1.165, 1.54) is 16.9 Å². The van der Waals surface area contributed by atoms with Gasteiger partial charge in [0.2, 0.25) is 5.91 Å². The molecule has 0 fully saturated rings. The van der Waals surface area contributed by atoms with Gasteiger partial charge in [-0.05, 0) is 24.5 Å². The molecule has 9 nitrogen and oxygen atoms in total. The van der Waals surface area contributed by atoms with Crippen LogP contribution in [0, 0.1) is 0 Å². The monoisotopic (exact) mass is 403 g/mol. The third-order valence-electron chi connectivity index (χ3n) is 4.28. The summed E-state index contributed by atoms with van der Waals surface area (Å²) in [5, 5.41) is 18.9. The molecule has 3 aromatic rings. The number of nitrogens with zero attached hydrogens (tertiary/aromatic N) is 4. The Labute approximate surface area is 184 Å². The number of benzene rings is 1. The first-order chi connectivity index (χ1) is 14.0. The molecule has 2 aromatic heterocycles. The Balaban J connectivity index is 0.00000320. The zero-order valence-corrected chi connectivity index (χ0v) is 15.7. The number of aryl methyl sites for hydroxylation is 2. The number of carboxylic acid groups (broad SMARTS) is 1. The van der Waals surface area contributed by atoms with Crippen LogP contribution >= 0.6 is 0 Å². The number of carboxylic acids is 1. The second-order valence-corrected chi connectivity index (χ2v) is 6.54. The molecule has 0 unspecified atom stereocenters. The number of rotatable bonds is 9. The summed E-state index contributed by atoms with van der Waals surface area (Å²) < 4.78 is 3.04. The van der Waals surface area contributed by atoms with E-state index in [4.69, 9.17) is 5.11 Å². The van der Waals surface area contributed by atoms with Crippen LogP contribution < -0.4 is 10.9 Å². The SMILES string of the molecule is O=C(Cc1ccccc1)Nc1ccn(CCCCn2cc(C(=O)O)nn2)c(=O)c1.[LiH]. The maximum atomic E-state index is 12.2. The van der Waals surface area contributed by atoms with Gasteiger partial charge < -0.3 is 15.0 Å². The van der Waals surface area contributed by atoms with Crippen LogP contribution in [0.4, 0.5) is 5.69 Å². The molecule has 1 amide bonds. The van der Waals surface area contributed by atoms with Crippen molar-refractivity contribution < 1.29 is 14.7 Å². The van der Waals surface area contributed by atoms with Crippen molar-refractivity contribution in [3.05, 3.63) is 76.5 Å². The number of aromatic nitrogens is 4. The van der Waals surface area contributed by atoms with Crippen molar-refractivity contribution in [3.63, 3.8) is 0 Å². The minimum absolute atomic E-state index is 0. The van der Waals surface area contributed by atoms with Crippen LogP contribution in [0.25, 0.3) is 0 Å². The van der Waals surface area contributed by atoms with E-state index in [-0.39, 0.29) is 42.4 Å². The number of carbonyl (C=O) groups excluding carboxylic acids is 1. The molecule has 1 aromatic carbocycles. The molecule has 0 bridgehead atoms. The number of hydrogen-bond acceptors (Lipinski definition) is 5. The van der Waals surface area contributed by atoms with Gasteiger partial charge in [0.05, 0.1) is 12.6 Å². The van der Waals surface area contributed by atoms with Gasteiger partial charge in [0, 0.05) is 31.0 Å². The van der Waals surface area contributed by atoms with E-state index >= 15 is 0 Å². The number of amides is 1. The fourth-order valence-corrected chi connectivity index (χ4v) is 2.82. The zero-order valence-electron chi connectivity index (χ0n) is 15.7. The Hall–Kier alpha value is -3.15. The average Bonchev–Trinajstić information content (AvgIpc) is 3.17. The summed E-state index contributed by atoms with van der Waals surface area (Å²) in [6, 6.07) is 12.5. The fourth-order valence-electron chi connectivity index (χ4n) is 2.82. The van der Waals surface area contributed by atoms with E-state index in [2.05, 4.69) is 15.6 Å². The third-order valence-corrected chi connectivity index (χ3v) is 4.28. The van der Waals surface area contributed by atoms with Crippen LogP contribution in [0.5, 0.6) is 0 Å². The van der Waals surface area contributed by atoms with Gasteiger partial charge in [-0.25, -0.2) is 4.79 Å². The molecule has 0 radical (unpaired) electrons. The molecule has 0 spiro atoms. The summed E-state index contributed by atoms with van der Waals surface area (Å²) in [6.45, 7) is 1.03. The summed E-state index contributed by atoms with van der Waals surface area (Å²) >= 11 is 0. The Morgan fingerprint density at radius 3 is 2.47 bits per heavy atom. The van der Waals surface area contributed by atoms with E-state index in [0.717, 1.165) is 5.56 Å². The number of carbonyl (C=O) groups is 2. The van der Waals surface area contributed by atoms with Crippen molar-refractivity contribution in [2.45, 2.75) is 32.4 Å². The first-order valence-corrected chi connectivity index (χ1v) is 9.19. The summed E-state index contributed by atoms with van der Waals surface area (Å²) in [5.74, 6) is -1.29. The van der Waals surface area contributed by atoms with Crippen molar-refractivity contribution in [3.8, 4) is 0 Å². The van der Waals surface area contributed by atoms with Crippen molar-refractivity contribution in [2.75, 3.05) is 5.32 Å². The number of unbranched alkanes of at least 4 members (excludes halogenated alkanes) is 1. The number of aromatic carboxylic acids is 1. The summed E-state index contributed by atoms with van der Waals surface area (Å²) in [4.78, 5) is 35.1. The Bertz CT molecular complexity index is 1050. The molecule has 0 saturated carbocycles. The van der Waals surface area contributed by atoms with Gasteiger partial charge in [-0.2, -0.15) is 0 Å². The number of nitrogens with one attached hydrogen (secondary N) is 1. The molecule has 2 N–H and O–H groups in total. The van der Waals surface area contributed by atoms with Crippen LogP contribution in [0.1, 0.15) is 28.9 Å². The summed E-state index contributed by atoms with van der Waals surface area (Å²) in [6.07, 6.45) is 4.70. The molecule has 3 rings (SSSR count). The van der Waals surface area contributed by atoms with Gasteiger partial charge >= 0.3 is 24.8 Å². The molecule has 0 aliphatic rings. The molecule has 10 heteroatoms. The van der Waals surface area contributed by atoms with Gasteiger partial charge in [-0.1, -0.05) is 35.5 Å². The molecule has 0 aliphatic carbocycles.